The maximum atomic E-state index is 3.92. The van der Waals surface area contributed by atoms with Gasteiger partial charge in [-0.2, -0.15) is 0 Å². The maximum absolute atomic E-state index is 3.92. The first kappa shape index (κ1) is 8.76. The number of nitrogens with zero attached hydrogens (tertiary/aromatic N) is 1. The van der Waals surface area contributed by atoms with Gasteiger partial charge in [-0.15, -0.1) is 0 Å². The van der Waals surface area contributed by atoms with Crippen LogP contribution in [0.3, 0.4) is 0 Å². The normalized spacial score (nSPS) is 37.2. The molecule has 0 radical (unpaired) electrons. The van der Waals surface area contributed by atoms with E-state index in [1.54, 1.807) is 0 Å². The summed E-state index contributed by atoms with van der Waals surface area (Å²) >= 11 is 3.45. The molecular weight excluding hydrogens is 214 g/mol. The van der Waals surface area contributed by atoms with E-state index >= 15 is 0 Å². The number of rotatable bonds is 3. The Labute approximate surface area is 82.9 Å². The van der Waals surface area contributed by atoms with Crippen molar-refractivity contribution in [2.24, 2.45) is 5.41 Å². The minimum atomic E-state index is 0.636. The van der Waals surface area contributed by atoms with E-state index in [-0.39, 0.29) is 0 Å². The van der Waals surface area contributed by atoms with E-state index < -0.39 is 0 Å². The van der Waals surface area contributed by atoms with Gasteiger partial charge in [-0.1, -0.05) is 35.9 Å². The Bertz CT molecular complexity index is 208. The molecule has 1 nitrogen and oxygen atoms in total. The third-order valence-electron chi connectivity index (χ3n) is 3.22. The van der Waals surface area contributed by atoms with Crippen molar-refractivity contribution in [1.82, 2.24) is 4.90 Å². The van der Waals surface area contributed by atoms with E-state index in [2.05, 4.69) is 34.3 Å². The highest BCUT2D eigenvalue weighted by Crippen LogP contribution is 2.43. The van der Waals surface area contributed by atoms with Crippen LogP contribution < -0.4 is 0 Å². The molecule has 2 heteroatoms. The average molecular weight is 230 g/mol. The SMILES string of the molecule is C=C(Br)C1CN1CC1(C)CCC1. The zero-order valence-corrected chi connectivity index (χ0v) is 9.23. The Morgan fingerprint density at radius 1 is 1.67 bits per heavy atom. The Morgan fingerprint density at radius 3 is 2.67 bits per heavy atom. The molecule has 1 aliphatic heterocycles. The lowest BCUT2D eigenvalue weighted by Crippen LogP contribution is -2.33. The second-order valence-electron chi connectivity index (χ2n) is 4.56. The highest BCUT2D eigenvalue weighted by Gasteiger charge is 2.42. The standard InChI is InChI=1S/C10H16BrN/c1-8(11)9-6-12(9)7-10(2)4-3-5-10/h9H,1,3-7H2,2H3. The van der Waals surface area contributed by atoms with E-state index in [1.165, 1.54) is 32.4 Å². The summed E-state index contributed by atoms with van der Waals surface area (Å²) in [7, 11) is 0. The Kier molecular flexibility index (Phi) is 2.08. The highest BCUT2D eigenvalue weighted by molar-refractivity contribution is 9.11. The zero-order chi connectivity index (χ0) is 8.77. The van der Waals surface area contributed by atoms with E-state index in [0.29, 0.717) is 11.5 Å². The predicted octanol–water partition coefficient (Wildman–Crippen LogP) is 2.77. The molecule has 0 spiro atoms. The van der Waals surface area contributed by atoms with Crippen LogP contribution in [0, 0.1) is 5.41 Å². The van der Waals surface area contributed by atoms with E-state index in [1.807, 2.05) is 0 Å². The van der Waals surface area contributed by atoms with Gasteiger partial charge in [0.15, 0.2) is 0 Å². The molecule has 0 aromatic carbocycles. The van der Waals surface area contributed by atoms with Crippen LogP contribution in [-0.2, 0) is 0 Å². The van der Waals surface area contributed by atoms with Gasteiger partial charge < -0.3 is 0 Å². The fourth-order valence-corrected chi connectivity index (χ4v) is 2.51. The number of halogens is 1. The molecule has 0 amide bonds. The first-order valence-corrected chi connectivity index (χ1v) is 5.48. The van der Waals surface area contributed by atoms with Gasteiger partial charge in [0.05, 0.1) is 6.04 Å². The van der Waals surface area contributed by atoms with Crippen molar-refractivity contribution in [3.05, 3.63) is 11.1 Å². The molecule has 1 saturated carbocycles. The number of hydrogen-bond acceptors (Lipinski definition) is 1. The van der Waals surface area contributed by atoms with Gasteiger partial charge in [0.25, 0.3) is 0 Å². The van der Waals surface area contributed by atoms with Crippen molar-refractivity contribution < 1.29 is 0 Å². The lowest BCUT2D eigenvalue weighted by Gasteiger charge is -2.39. The molecule has 12 heavy (non-hydrogen) atoms. The van der Waals surface area contributed by atoms with Crippen LogP contribution >= 0.6 is 15.9 Å². The first-order chi connectivity index (χ1) is 5.61. The van der Waals surface area contributed by atoms with Crippen LogP contribution in [0.4, 0.5) is 0 Å². The average Bonchev–Trinajstić information content (AvgIpc) is 2.64. The minimum Gasteiger partial charge on any atom is -0.292 e. The van der Waals surface area contributed by atoms with Crippen molar-refractivity contribution >= 4 is 15.9 Å². The smallest absolute Gasteiger partial charge is 0.0535 e. The van der Waals surface area contributed by atoms with Gasteiger partial charge >= 0.3 is 0 Å². The zero-order valence-electron chi connectivity index (χ0n) is 7.65. The van der Waals surface area contributed by atoms with Crippen molar-refractivity contribution in [2.75, 3.05) is 13.1 Å². The molecule has 1 saturated heterocycles. The van der Waals surface area contributed by atoms with Crippen molar-refractivity contribution in [2.45, 2.75) is 32.2 Å². The summed E-state index contributed by atoms with van der Waals surface area (Å²) in [5.41, 5.74) is 0.636. The minimum absolute atomic E-state index is 0.636. The Balaban J connectivity index is 1.79. The molecule has 0 bridgehead atoms. The Morgan fingerprint density at radius 2 is 2.33 bits per heavy atom. The largest absolute Gasteiger partial charge is 0.292 e. The van der Waals surface area contributed by atoms with E-state index in [0.717, 1.165) is 4.48 Å². The highest BCUT2D eigenvalue weighted by atomic mass is 79.9. The van der Waals surface area contributed by atoms with Gasteiger partial charge in [0, 0.05) is 17.6 Å². The van der Waals surface area contributed by atoms with Crippen molar-refractivity contribution in [3.8, 4) is 0 Å². The monoisotopic (exact) mass is 229 g/mol. The van der Waals surface area contributed by atoms with Crippen LogP contribution in [-0.4, -0.2) is 24.0 Å². The molecule has 2 fully saturated rings. The summed E-state index contributed by atoms with van der Waals surface area (Å²) < 4.78 is 1.16. The molecular formula is C10H16BrN. The van der Waals surface area contributed by atoms with Gasteiger partial charge in [-0.25, -0.2) is 0 Å². The van der Waals surface area contributed by atoms with Crippen LogP contribution in [0.1, 0.15) is 26.2 Å². The first-order valence-electron chi connectivity index (χ1n) is 4.69. The fourth-order valence-electron chi connectivity index (χ4n) is 2.08. The quantitative estimate of drug-likeness (QED) is 0.673. The van der Waals surface area contributed by atoms with Crippen LogP contribution in [0.5, 0.6) is 0 Å². The van der Waals surface area contributed by atoms with Crippen LogP contribution in [0.25, 0.3) is 0 Å². The molecule has 0 N–H and O–H groups in total. The summed E-state index contributed by atoms with van der Waals surface area (Å²) in [4.78, 5) is 2.51. The third-order valence-corrected chi connectivity index (χ3v) is 3.75. The predicted molar refractivity (Wildman–Crippen MR) is 55.4 cm³/mol. The summed E-state index contributed by atoms with van der Waals surface area (Å²) in [5, 5.41) is 0. The summed E-state index contributed by atoms with van der Waals surface area (Å²) in [6.07, 6.45) is 4.28. The van der Waals surface area contributed by atoms with Crippen molar-refractivity contribution in [1.29, 1.82) is 0 Å². The molecule has 68 valence electrons. The van der Waals surface area contributed by atoms with Crippen molar-refractivity contribution in [3.63, 3.8) is 0 Å². The summed E-state index contributed by atoms with van der Waals surface area (Å²) in [6, 6.07) is 0.641. The van der Waals surface area contributed by atoms with Gasteiger partial charge in [0.2, 0.25) is 0 Å². The molecule has 2 atom stereocenters. The lowest BCUT2D eigenvalue weighted by atomic mass is 9.70. The third kappa shape index (κ3) is 1.60. The molecule has 1 heterocycles. The summed E-state index contributed by atoms with van der Waals surface area (Å²) in [5.74, 6) is 0. The molecule has 2 aliphatic rings. The molecule has 2 rings (SSSR count). The fraction of sp³-hybridized carbons (Fsp3) is 0.800. The van der Waals surface area contributed by atoms with E-state index in [9.17, 15) is 0 Å². The molecule has 1 aliphatic carbocycles. The van der Waals surface area contributed by atoms with E-state index in [4.69, 9.17) is 0 Å². The second-order valence-corrected chi connectivity index (χ2v) is 5.57. The van der Waals surface area contributed by atoms with Crippen LogP contribution in [0.15, 0.2) is 11.1 Å². The molecule has 0 aromatic heterocycles. The van der Waals surface area contributed by atoms with Gasteiger partial charge in [0.1, 0.15) is 0 Å². The summed E-state index contributed by atoms with van der Waals surface area (Å²) in [6.45, 7) is 8.82. The Hall–Kier alpha value is 0.180. The van der Waals surface area contributed by atoms with Gasteiger partial charge in [-0.3, -0.25) is 4.90 Å². The number of hydrogen-bond donors (Lipinski definition) is 0. The van der Waals surface area contributed by atoms with Gasteiger partial charge in [-0.05, 0) is 18.3 Å². The topological polar surface area (TPSA) is 3.01 Å². The second kappa shape index (κ2) is 2.85. The molecule has 0 aromatic rings. The lowest BCUT2D eigenvalue weighted by molar-refractivity contribution is 0.131. The van der Waals surface area contributed by atoms with Crippen LogP contribution in [0.2, 0.25) is 0 Å². The molecule has 2 unspecified atom stereocenters. The maximum Gasteiger partial charge on any atom is 0.0535 e.